The molecule has 0 saturated carbocycles. The second-order valence-corrected chi connectivity index (χ2v) is 6.55. The van der Waals surface area contributed by atoms with Crippen LogP contribution in [0.1, 0.15) is 24.2 Å². The van der Waals surface area contributed by atoms with Crippen LogP contribution in [0.25, 0.3) is 10.9 Å². The van der Waals surface area contributed by atoms with E-state index in [-0.39, 0.29) is 0 Å². The summed E-state index contributed by atoms with van der Waals surface area (Å²) in [6, 6.07) is 8.38. The molecule has 0 spiro atoms. The second kappa shape index (κ2) is 6.20. The van der Waals surface area contributed by atoms with Crippen molar-refractivity contribution in [3.63, 3.8) is 0 Å². The number of fused-ring (bicyclic) bond motifs is 1. The third-order valence-corrected chi connectivity index (χ3v) is 4.68. The summed E-state index contributed by atoms with van der Waals surface area (Å²) in [5, 5.41) is 5.34. The number of para-hydroxylation sites is 1. The fourth-order valence-corrected chi connectivity index (χ4v) is 3.50. The van der Waals surface area contributed by atoms with Crippen LogP contribution in [0.5, 0.6) is 0 Å². The van der Waals surface area contributed by atoms with Crippen LogP contribution in [-0.4, -0.2) is 37.2 Å². The molecule has 2 N–H and O–H groups in total. The average molecular weight is 322 g/mol. The highest BCUT2D eigenvalue weighted by Crippen LogP contribution is 2.23. The molecule has 1 atom stereocenters. The molecule has 6 nitrogen and oxygen atoms in total. The highest BCUT2D eigenvalue weighted by atomic mass is 15.3. The molecule has 6 heteroatoms. The van der Waals surface area contributed by atoms with Gasteiger partial charge in [0.25, 0.3) is 0 Å². The molecular formula is C18H22N6. The van der Waals surface area contributed by atoms with E-state index >= 15 is 0 Å². The molecule has 0 radical (unpaired) electrons. The number of nitrogens with zero attached hydrogens (tertiary/aromatic N) is 5. The SMILES string of the molecule is Cc1cnn(C[C@H]2CCCN2Cc2nc(N)c3ccccc3n2)c1. The Morgan fingerprint density at radius 3 is 2.96 bits per heavy atom. The Morgan fingerprint density at radius 2 is 2.12 bits per heavy atom. The molecule has 2 aromatic heterocycles. The number of aryl methyl sites for hydroxylation is 1. The normalized spacial score (nSPS) is 18.5. The zero-order chi connectivity index (χ0) is 16.5. The lowest BCUT2D eigenvalue weighted by atomic mass is 10.2. The molecule has 3 aromatic rings. The summed E-state index contributed by atoms with van der Waals surface area (Å²) in [5.74, 6) is 1.36. The van der Waals surface area contributed by atoms with Crippen LogP contribution >= 0.6 is 0 Å². The van der Waals surface area contributed by atoms with E-state index in [9.17, 15) is 0 Å². The van der Waals surface area contributed by atoms with Crippen LogP contribution in [0.2, 0.25) is 0 Å². The van der Waals surface area contributed by atoms with Crippen molar-refractivity contribution in [3.8, 4) is 0 Å². The third kappa shape index (κ3) is 2.97. The summed E-state index contributed by atoms with van der Waals surface area (Å²) in [6.45, 7) is 4.79. The van der Waals surface area contributed by atoms with Gasteiger partial charge in [-0.2, -0.15) is 5.10 Å². The Kier molecular flexibility index (Phi) is 3.90. The van der Waals surface area contributed by atoms with Gasteiger partial charge in [0.05, 0.1) is 24.8 Å². The van der Waals surface area contributed by atoms with Crippen molar-refractivity contribution in [2.75, 3.05) is 12.3 Å². The van der Waals surface area contributed by atoms with Crippen molar-refractivity contribution in [1.82, 2.24) is 24.6 Å². The summed E-state index contributed by atoms with van der Waals surface area (Å²) in [6.07, 6.45) is 6.39. The summed E-state index contributed by atoms with van der Waals surface area (Å²) in [4.78, 5) is 11.6. The van der Waals surface area contributed by atoms with Gasteiger partial charge in [-0.15, -0.1) is 0 Å². The van der Waals surface area contributed by atoms with Crippen molar-refractivity contribution in [2.45, 2.75) is 38.9 Å². The Hall–Kier alpha value is -2.47. The zero-order valence-electron chi connectivity index (χ0n) is 13.9. The van der Waals surface area contributed by atoms with Gasteiger partial charge in [-0.1, -0.05) is 12.1 Å². The number of hydrogen-bond donors (Lipinski definition) is 1. The Labute approximate surface area is 141 Å². The van der Waals surface area contributed by atoms with E-state index in [1.165, 1.54) is 18.4 Å². The van der Waals surface area contributed by atoms with Gasteiger partial charge in [-0.05, 0) is 44.0 Å². The summed E-state index contributed by atoms with van der Waals surface area (Å²) in [5.41, 5.74) is 8.22. The summed E-state index contributed by atoms with van der Waals surface area (Å²) >= 11 is 0. The Balaban J connectivity index is 1.53. The van der Waals surface area contributed by atoms with Gasteiger partial charge in [-0.25, -0.2) is 9.97 Å². The smallest absolute Gasteiger partial charge is 0.145 e. The van der Waals surface area contributed by atoms with E-state index in [0.29, 0.717) is 11.9 Å². The summed E-state index contributed by atoms with van der Waals surface area (Å²) in [7, 11) is 0. The predicted octanol–water partition coefficient (Wildman–Crippen LogP) is 2.38. The molecule has 1 aromatic carbocycles. The summed E-state index contributed by atoms with van der Waals surface area (Å²) < 4.78 is 2.04. The zero-order valence-corrected chi connectivity index (χ0v) is 13.9. The van der Waals surface area contributed by atoms with Gasteiger partial charge in [-0.3, -0.25) is 9.58 Å². The Bertz CT molecular complexity index is 856. The Morgan fingerprint density at radius 1 is 1.25 bits per heavy atom. The first kappa shape index (κ1) is 15.1. The fourth-order valence-electron chi connectivity index (χ4n) is 3.50. The lowest BCUT2D eigenvalue weighted by molar-refractivity contribution is 0.214. The maximum Gasteiger partial charge on any atom is 0.145 e. The van der Waals surface area contributed by atoms with Gasteiger partial charge < -0.3 is 5.73 Å². The monoisotopic (exact) mass is 322 g/mol. The van der Waals surface area contributed by atoms with E-state index in [1.807, 2.05) is 35.1 Å². The number of likely N-dealkylation sites (tertiary alicyclic amines) is 1. The van der Waals surface area contributed by atoms with Crippen molar-refractivity contribution >= 4 is 16.7 Å². The number of aromatic nitrogens is 4. The van der Waals surface area contributed by atoms with Crippen LogP contribution in [-0.2, 0) is 13.1 Å². The van der Waals surface area contributed by atoms with E-state index in [0.717, 1.165) is 36.4 Å². The molecule has 3 heterocycles. The minimum atomic E-state index is 0.473. The van der Waals surface area contributed by atoms with E-state index < -0.39 is 0 Å². The van der Waals surface area contributed by atoms with Crippen LogP contribution in [0.15, 0.2) is 36.7 Å². The second-order valence-electron chi connectivity index (χ2n) is 6.55. The number of hydrogen-bond acceptors (Lipinski definition) is 5. The van der Waals surface area contributed by atoms with Crippen LogP contribution < -0.4 is 5.73 Å². The molecule has 124 valence electrons. The van der Waals surface area contributed by atoms with Gasteiger partial charge >= 0.3 is 0 Å². The first-order valence-electron chi connectivity index (χ1n) is 8.43. The lowest BCUT2D eigenvalue weighted by Crippen LogP contribution is -2.33. The minimum absolute atomic E-state index is 0.473. The highest BCUT2D eigenvalue weighted by Gasteiger charge is 2.26. The first-order chi connectivity index (χ1) is 11.7. The number of benzene rings is 1. The molecule has 0 bridgehead atoms. The third-order valence-electron chi connectivity index (χ3n) is 4.68. The molecule has 0 unspecified atom stereocenters. The molecule has 4 rings (SSSR count). The van der Waals surface area contributed by atoms with Crippen LogP contribution in [0.4, 0.5) is 5.82 Å². The predicted molar refractivity (Wildman–Crippen MR) is 94.3 cm³/mol. The highest BCUT2D eigenvalue weighted by molar-refractivity contribution is 5.87. The molecular weight excluding hydrogens is 300 g/mol. The topological polar surface area (TPSA) is 72.9 Å². The standard InChI is InChI=1S/C18H22N6/c1-13-9-20-24(10-13)11-14-5-4-8-23(14)12-17-21-16-7-3-2-6-15(16)18(19)22-17/h2-3,6-7,9-10,14H,4-5,8,11-12H2,1H3,(H2,19,21,22)/t14-/m1/s1. The molecule has 0 amide bonds. The number of anilines is 1. The number of nitrogen functional groups attached to an aromatic ring is 1. The minimum Gasteiger partial charge on any atom is -0.383 e. The van der Waals surface area contributed by atoms with Gasteiger partial charge in [0.15, 0.2) is 0 Å². The molecule has 1 saturated heterocycles. The average Bonchev–Trinajstić information content (AvgIpc) is 3.17. The van der Waals surface area contributed by atoms with Crippen molar-refractivity contribution in [1.29, 1.82) is 0 Å². The maximum absolute atomic E-state index is 6.11. The van der Waals surface area contributed by atoms with Gasteiger partial charge in [0.1, 0.15) is 11.6 Å². The van der Waals surface area contributed by atoms with E-state index in [2.05, 4.69) is 33.1 Å². The van der Waals surface area contributed by atoms with Gasteiger partial charge in [0.2, 0.25) is 0 Å². The molecule has 24 heavy (non-hydrogen) atoms. The van der Waals surface area contributed by atoms with Crippen molar-refractivity contribution in [2.24, 2.45) is 0 Å². The fraction of sp³-hybridized carbons (Fsp3) is 0.389. The molecule has 1 aliphatic heterocycles. The molecule has 1 aliphatic rings. The van der Waals surface area contributed by atoms with Crippen molar-refractivity contribution < 1.29 is 0 Å². The lowest BCUT2D eigenvalue weighted by Gasteiger charge is -2.23. The van der Waals surface area contributed by atoms with E-state index in [4.69, 9.17) is 5.73 Å². The van der Waals surface area contributed by atoms with Crippen LogP contribution in [0.3, 0.4) is 0 Å². The van der Waals surface area contributed by atoms with Crippen LogP contribution in [0, 0.1) is 6.92 Å². The largest absolute Gasteiger partial charge is 0.383 e. The number of nitrogens with two attached hydrogens (primary N) is 1. The molecule has 0 aliphatic carbocycles. The quantitative estimate of drug-likeness (QED) is 0.798. The first-order valence-corrected chi connectivity index (χ1v) is 8.43. The number of rotatable bonds is 4. The van der Waals surface area contributed by atoms with Gasteiger partial charge in [0, 0.05) is 17.6 Å². The molecule has 1 fully saturated rings. The van der Waals surface area contributed by atoms with E-state index in [1.54, 1.807) is 0 Å². The van der Waals surface area contributed by atoms with Crippen molar-refractivity contribution in [3.05, 3.63) is 48.0 Å². The maximum atomic E-state index is 6.11.